The number of hydrogen-bond acceptors (Lipinski definition) is 7. The molecule has 0 saturated carbocycles. The van der Waals surface area contributed by atoms with Crippen LogP contribution in [-0.4, -0.2) is 44.3 Å². The van der Waals surface area contributed by atoms with E-state index in [0.29, 0.717) is 5.56 Å². The van der Waals surface area contributed by atoms with E-state index in [-0.39, 0.29) is 48.9 Å². The molecule has 2 aromatic carbocycles. The van der Waals surface area contributed by atoms with Crippen LogP contribution < -0.4 is 4.74 Å². The zero-order chi connectivity index (χ0) is 25.8. The van der Waals surface area contributed by atoms with Crippen LogP contribution in [0.1, 0.15) is 12.5 Å². The van der Waals surface area contributed by atoms with Gasteiger partial charge in [-0.3, -0.25) is 0 Å². The van der Waals surface area contributed by atoms with Gasteiger partial charge in [0.15, 0.2) is 11.6 Å². The Kier molecular flexibility index (Phi) is 10.4. The first-order chi connectivity index (χ1) is 16.7. The fourth-order valence-electron chi connectivity index (χ4n) is 2.62. The van der Waals surface area contributed by atoms with Gasteiger partial charge in [-0.2, -0.15) is 0 Å². The molecule has 0 saturated heterocycles. The highest BCUT2D eigenvalue weighted by Gasteiger charge is 2.11. The van der Waals surface area contributed by atoms with Crippen molar-refractivity contribution in [3.8, 4) is 16.9 Å². The largest absolute Gasteiger partial charge is 0.487 e. The van der Waals surface area contributed by atoms with Gasteiger partial charge in [0.25, 0.3) is 0 Å². The van der Waals surface area contributed by atoms with Crippen molar-refractivity contribution in [2.24, 2.45) is 0 Å². The minimum atomic E-state index is -0.710. The molecule has 0 N–H and O–H groups in total. The zero-order valence-electron chi connectivity index (χ0n) is 19.1. The summed E-state index contributed by atoms with van der Waals surface area (Å²) in [6.07, 6.45) is 3.44. The number of rotatable bonds is 12. The van der Waals surface area contributed by atoms with Crippen LogP contribution in [0.4, 0.5) is 8.78 Å². The molecule has 7 nitrogen and oxygen atoms in total. The Hall–Kier alpha value is -4.27. The summed E-state index contributed by atoms with van der Waals surface area (Å²) in [6.45, 7) is 7.80. The number of esters is 3. The van der Waals surface area contributed by atoms with Gasteiger partial charge in [0.05, 0.1) is 0 Å². The standard InChI is InChI=1S/C26H24F2O7/c1-4-24(29)33-12-13-34-25(30)10-6-18-5-8-20(21(27)15-18)19-7-9-23(22(28)16-19)32-11-14-35-26(31)17(2)3/h4-10,15-16H,1-2,11-14H2,3H3. The Morgan fingerprint density at radius 1 is 0.886 bits per heavy atom. The minimum absolute atomic E-state index is 0.0624. The summed E-state index contributed by atoms with van der Waals surface area (Å²) in [5, 5.41) is 0. The molecule has 0 heterocycles. The summed E-state index contributed by atoms with van der Waals surface area (Å²) in [6, 6.07) is 8.14. The van der Waals surface area contributed by atoms with Crippen molar-refractivity contribution in [2.75, 3.05) is 26.4 Å². The van der Waals surface area contributed by atoms with E-state index in [1.54, 1.807) is 6.07 Å². The van der Waals surface area contributed by atoms with Gasteiger partial charge in [-0.05, 0) is 42.3 Å². The lowest BCUT2D eigenvalue weighted by atomic mass is 10.0. The van der Waals surface area contributed by atoms with Gasteiger partial charge in [0.2, 0.25) is 0 Å². The lowest BCUT2D eigenvalue weighted by Crippen LogP contribution is -2.12. The molecule has 0 spiro atoms. The molecule has 0 aromatic heterocycles. The van der Waals surface area contributed by atoms with Crippen molar-refractivity contribution in [1.29, 1.82) is 0 Å². The predicted octanol–water partition coefficient (Wildman–Crippen LogP) is 4.42. The summed E-state index contributed by atoms with van der Waals surface area (Å²) in [5.41, 5.74) is 1.05. The number of halogens is 2. The van der Waals surface area contributed by atoms with E-state index in [2.05, 4.69) is 17.9 Å². The van der Waals surface area contributed by atoms with Crippen molar-refractivity contribution in [3.05, 3.63) is 84.5 Å². The second-order valence-electron chi connectivity index (χ2n) is 7.02. The first kappa shape index (κ1) is 27.0. The predicted molar refractivity (Wildman–Crippen MR) is 124 cm³/mol. The second-order valence-corrected chi connectivity index (χ2v) is 7.02. The maximum Gasteiger partial charge on any atom is 0.333 e. The van der Waals surface area contributed by atoms with Crippen LogP contribution in [0.2, 0.25) is 0 Å². The van der Waals surface area contributed by atoms with Crippen LogP contribution in [-0.2, 0) is 28.6 Å². The van der Waals surface area contributed by atoms with E-state index in [9.17, 15) is 23.2 Å². The zero-order valence-corrected chi connectivity index (χ0v) is 19.1. The average molecular weight is 486 g/mol. The van der Waals surface area contributed by atoms with Crippen molar-refractivity contribution in [1.82, 2.24) is 0 Å². The molecule has 184 valence electrons. The molecule has 0 radical (unpaired) electrons. The lowest BCUT2D eigenvalue weighted by molar-refractivity contribution is -0.145. The monoisotopic (exact) mass is 486 g/mol. The van der Waals surface area contributed by atoms with Gasteiger partial charge >= 0.3 is 17.9 Å². The Morgan fingerprint density at radius 2 is 1.57 bits per heavy atom. The van der Waals surface area contributed by atoms with Crippen molar-refractivity contribution < 1.29 is 42.1 Å². The number of carbonyl (C=O) groups excluding carboxylic acids is 3. The van der Waals surface area contributed by atoms with Crippen LogP contribution in [0.5, 0.6) is 5.75 Å². The third-order valence-corrected chi connectivity index (χ3v) is 4.31. The first-order valence-electron chi connectivity index (χ1n) is 10.4. The van der Waals surface area contributed by atoms with E-state index >= 15 is 0 Å². The van der Waals surface area contributed by atoms with Gasteiger partial charge in [-0.1, -0.05) is 31.4 Å². The number of carbonyl (C=O) groups is 3. The Bertz CT molecular complexity index is 1140. The number of ether oxygens (including phenoxy) is 4. The normalized spacial score (nSPS) is 10.5. The Balaban J connectivity index is 1.93. The summed E-state index contributed by atoms with van der Waals surface area (Å²) < 4.78 is 48.7. The van der Waals surface area contributed by atoms with Crippen LogP contribution >= 0.6 is 0 Å². The van der Waals surface area contributed by atoms with Gasteiger partial charge in [-0.25, -0.2) is 23.2 Å². The lowest BCUT2D eigenvalue weighted by Gasteiger charge is -2.10. The highest BCUT2D eigenvalue weighted by molar-refractivity contribution is 5.87. The van der Waals surface area contributed by atoms with Crippen molar-refractivity contribution >= 4 is 24.0 Å². The Labute approximate surface area is 201 Å². The van der Waals surface area contributed by atoms with Crippen molar-refractivity contribution in [2.45, 2.75) is 6.92 Å². The van der Waals surface area contributed by atoms with Crippen LogP contribution in [0.15, 0.2) is 67.3 Å². The first-order valence-corrected chi connectivity index (χ1v) is 10.4. The van der Waals surface area contributed by atoms with Crippen LogP contribution in [0.25, 0.3) is 17.2 Å². The molecule has 0 fully saturated rings. The van der Waals surface area contributed by atoms with Gasteiger partial charge < -0.3 is 18.9 Å². The van der Waals surface area contributed by atoms with E-state index in [1.807, 2.05) is 0 Å². The molecule has 0 aliphatic heterocycles. The Morgan fingerprint density at radius 3 is 2.20 bits per heavy atom. The molecule has 2 rings (SSSR count). The molecular formula is C26H24F2O7. The molecule has 0 bridgehead atoms. The quantitative estimate of drug-likeness (QED) is 0.190. The van der Waals surface area contributed by atoms with E-state index in [0.717, 1.165) is 18.2 Å². The maximum atomic E-state index is 14.6. The van der Waals surface area contributed by atoms with Gasteiger partial charge in [0.1, 0.15) is 32.2 Å². The summed E-state index contributed by atoms with van der Waals surface area (Å²) >= 11 is 0. The van der Waals surface area contributed by atoms with Gasteiger partial charge in [0, 0.05) is 23.3 Å². The summed E-state index contributed by atoms with van der Waals surface area (Å²) in [4.78, 5) is 33.9. The second kappa shape index (κ2) is 13.4. The van der Waals surface area contributed by atoms with E-state index in [4.69, 9.17) is 14.2 Å². The SMILES string of the molecule is C=CC(=O)OCCOC(=O)C=Cc1ccc(-c2ccc(OCCOC(=O)C(=C)C)c(F)c2)c(F)c1. The van der Waals surface area contributed by atoms with Gasteiger partial charge in [-0.15, -0.1) is 0 Å². The molecule has 0 aliphatic carbocycles. The fourth-order valence-corrected chi connectivity index (χ4v) is 2.62. The smallest absolute Gasteiger partial charge is 0.333 e. The summed E-state index contributed by atoms with van der Waals surface area (Å²) in [7, 11) is 0. The molecule has 0 aliphatic rings. The molecule has 0 amide bonds. The summed E-state index contributed by atoms with van der Waals surface area (Å²) in [5.74, 6) is -3.30. The van der Waals surface area contributed by atoms with Crippen LogP contribution in [0, 0.1) is 11.6 Å². The highest BCUT2D eigenvalue weighted by atomic mass is 19.1. The number of benzene rings is 2. The molecule has 9 heteroatoms. The average Bonchev–Trinajstić information content (AvgIpc) is 2.83. The molecule has 35 heavy (non-hydrogen) atoms. The third-order valence-electron chi connectivity index (χ3n) is 4.31. The van der Waals surface area contributed by atoms with E-state index < -0.39 is 29.5 Å². The van der Waals surface area contributed by atoms with E-state index in [1.165, 1.54) is 37.3 Å². The number of hydrogen-bond donors (Lipinski definition) is 0. The maximum absolute atomic E-state index is 14.6. The highest BCUT2D eigenvalue weighted by Crippen LogP contribution is 2.28. The van der Waals surface area contributed by atoms with Crippen LogP contribution in [0.3, 0.4) is 0 Å². The van der Waals surface area contributed by atoms with Crippen molar-refractivity contribution in [3.63, 3.8) is 0 Å². The molecule has 0 unspecified atom stereocenters. The molecular weight excluding hydrogens is 462 g/mol. The third kappa shape index (κ3) is 8.88. The minimum Gasteiger partial charge on any atom is -0.487 e. The molecule has 0 atom stereocenters. The topological polar surface area (TPSA) is 88.1 Å². The fraction of sp³-hybridized carbons (Fsp3) is 0.192. The molecule has 2 aromatic rings.